The molecule has 1 rings (SSSR count). The van der Waals surface area contributed by atoms with E-state index >= 15 is 0 Å². The standard InChI is InChI=1S/C8H14N4O/c9-12-8-4-1-3-7(11-8)10-5-2-6-13/h1,3-4,13H,2,5-6,9H2,(H2,10,11,12). The van der Waals surface area contributed by atoms with Gasteiger partial charge in [0.25, 0.3) is 0 Å². The Kier molecular flexibility index (Phi) is 4.01. The number of pyridine rings is 1. The molecule has 5 N–H and O–H groups in total. The number of nitrogen functional groups attached to an aromatic ring is 1. The van der Waals surface area contributed by atoms with Crippen LogP contribution < -0.4 is 16.6 Å². The van der Waals surface area contributed by atoms with Crippen LogP contribution in [0.15, 0.2) is 18.2 Å². The van der Waals surface area contributed by atoms with Crippen LogP contribution in [0.4, 0.5) is 11.6 Å². The maximum absolute atomic E-state index is 8.55. The van der Waals surface area contributed by atoms with E-state index in [-0.39, 0.29) is 6.61 Å². The monoisotopic (exact) mass is 182 g/mol. The third kappa shape index (κ3) is 3.27. The summed E-state index contributed by atoms with van der Waals surface area (Å²) in [6, 6.07) is 5.47. The maximum atomic E-state index is 8.55. The van der Waals surface area contributed by atoms with Gasteiger partial charge in [-0.1, -0.05) is 6.07 Å². The first-order chi connectivity index (χ1) is 6.36. The Hall–Kier alpha value is -1.33. The molecule has 1 heterocycles. The van der Waals surface area contributed by atoms with Gasteiger partial charge in [0.2, 0.25) is 0 Å². The number of aromatic nitrogens is 1. The highest BCUT2D eigenvalue weighted by Crippen LogP contribution is 2.07. The van der Waals surface area contributed by atoms with Gasteiger partial charge in [0.05, 0.1) is 0 Å². The first kappa shape index (κ1) is 9.76. The largest absolute Gasteiger partial charge is 0.396 e. The molecule has 0 amide bonds. The molecule has 0 spiro atoms. The number of nitrogens with one attached hydrogen (secondary N) is 2. The van der Waals surface area contributed by atoms with Gasteiger partial charge in [0, 0.05) is 13.2 Å². The van der Waals surface area contributed by atoms with E-state index in [1.807, 2.05) is 12.1 Å². The van der Waals surface area contributed by atoms with Crippen molar-refractivity contribution < 1.29 is 5.11 Å². The third-order valence-corrected chi connectivity index (χ3v) is 1.54. The van der Waals surface area contributed by atoms with Gasteiger partial charge in [-0.05, 0) is 18.6 Å². The lowest BCUT2D eigenvalue weighted by atomic mass is 10.4. The highest BCUT2D eigenvalue weighted by Gasteiger charge is 1.94. The van der Waals surface area contributed by atoms with Crippen LogP contribution in [0.3, 0.4) is 0 Å². The predicted octanol–water partition coefficient (Wildman–Crippen LogP) is 0.161. The Morgan fingerprint density at radius 3 is 2.85 bits per heavy atom. The van der Waals surface area contributed by atoms with Crippen LogP contribution in [-0.2, 0) is 0 Å². The van der Waals surface area contributed by atoms with E-state index < -0.39 is 0 Å². The van der Waals surface area contributed by atoms with Crippen LogP contribution in [0, 0.1) is 0 Å². The number of hydrogen-bond acceptors (Lipinski definition) is 5. The normalized spacial score (nSPS) is 9.69. The van der Waals surface area contributed by atoms with Crippen molar-refractivity contribution in [3.05, 3.63) is 18.2 Å². The van der Waals surface area contributed by atoms with Gasteiger partial charge < -0.3 is 15.8 Å². The molecule has 0 aromatic carbocycles. The van der Waals surface area contributed by atoms with Crippen LogP contribution in [0.25, 0.3) is 0 Å². The lowest BCUT2D eigenvalue weighted by Crippen LogP contribution is -2.10. The van der Waals surface area contributed by atoms with Gasteiger partial charge in [0.15, 0.2) is 0 Å². The Balaban J connectivity index is 2.46. The SMILES string of the molecule is NNc1cccc(NCCCO)n1. The molecule has 0 radical (unpaired) electrons. The molecule has 0 bridgehead atoms. The fourth-order valence-electron chi connectivity index (χ4n) is 0.909. The van der Waals surface area contributed by atoms with Crippen molar-refractivity contribution in [2.24, 2.45) is 5.84 Å². The Labute approximate surface area is 76.9 Å². The van der Waals surface area contributed by atoms with Crippen LogP contribution in [0.5, 0.6) is 0 Å². The molecule has 0 atom stereocenters. The molecule has 1 aromatic rings. The summed E-state index contributed by atoms with van der Waals surface area (Å²) in [5, 5.41) is 11.6. The quantitative estimate of drug-likeness (QED) is 0.296. The van der Waals surface area contributed by atoms with Crippen LogP contribution >= 0.6 is 0 Å². The first-order valence-electron chi connectivity index (χ1n) is 4.15. The number of nitrogens with two attached hydrogens (primary N) is 1. The van der Waals surface area contributed by atoms with E-state index in [9.17, 15) is 0 Å². The van der Waals surface area contributed by atoms with Crippen LogP contribution in [0.2, 0.25) is 0 Å². The van der Waals surface area contributed by atoms with Crippen molar-refractivity contribution in [2.45, 2.75) is 6.42 Å². The first-order valence-corrected chi connectivity index (χ1v) is 4.15. The summed E-state index contributed by atoms with van der Waals surface area (Å²) in [6.07, 6.45) is 0.710. The zero-order chi connectivity index (χ0) is 9.52. The molecule has 13 heavy (non-hydrogen) atoms. The van der Waals surface area contributed by atoms with E-state index in [0.29, 0.717) is 18.8 Å². The third-order valence-electron chi connectivity index (χ3n) is 1.54. The molecule has 0 saturated carbocycles. The van der Waals surface area contributed by atoms with Crippen molar-refractivity contribution >= 4 is 11.6 Å². The van der Waals surface area contributed by atoms with Crippen molar-refractivity contribution in [2.75, 3.05) is 23.9 Å². The molecule has 0 fully saturated rings. The molecule has 5 nitrogen and oxygen atoms in total. The summed E-state index contributed by atoms with van der Waals surface area (Å²) in [4.78, 5) is 4.13. The van der Waals surface area contributed by atoms with E-state index in [1.165, 1.54) is 0 Å². The number of aliphatic hydroxyl groups excluding tert-OH is 1. The second kappa shape index (κ2) is 5.34. The minimum absolute atomic E-state index is 0.182. The number of anilines is 2. The molecular weight excluding hydrogens is 168 g/mol. The summed E-state index contributed by atoms with van der Waals surface area (Å²) in [5.41, 5.74) is 2.46. The van der Waals surface area contributed by atoms with Gasteiger partial charge in [-0.3, -0.25) is 0 Å². The average molecular weight is 182 g/mol. The zero-order valence-electron chi connectivity index (χ0n) is 7.33. The summed E-state index contributed by atoms with van der Waals surface area (Å²) >= 11 is 0. The predicted molar refractivity (Wildman–Crippen MR) is 52.2 cm³/mol. The molecule has 0 unspecified atom stereocenters. The molecule has 0 aliphatic heterocycles. The summed E-state index contributed by atoms with van der Waals surface area (Å²) in [7, 11) is 0. The van der Waals surface area contributed by atoms with Crippen LogP contribution in [0.1, 0.15) is 6.42 Å². The molecule has 0 saturated heterocycles. The minimum Gasteiger partial charge on any atom is -0.396 e. The van der Waals surface area contributed by atoms with E-state index in [4.69, 9.17) is 10.9 Å². The van der Waals surface area contributed by atoms with Crippen molar-refractivity contribution in [3.8, 4) is 0 Å². The second-order valence-corrected chi connectivity index (χ2v) is 2.56. The molecular formula is C8H14N4O. The van der Waals surface area contributed by atoms with E-state index in [1.54, 1.807) is 6.07 Å². The molecule has 72 valence electrons. The van der Waals surface area contributed by atoms with Gasteiger partial charge in [-0.25, -0.2) is 10.8 Å². The molecule has 0 aliphatic carbocycles. The van der Waals surface area contributed by atoms with Gasteiger partial charge in [0.1, 0.15) is 11.6 Å². The summed E-state index contributed by atoms with van der Waals surface area (Å²) in [5.74, 6) is 6.57. The van der Waals surface area contributed by atoms with Crippen LogP contribution in [-0.4, -0.2) is 23.2 Å². The molecule has 0 aliphatic rings. The molecule has 5 heteroatoms. The lowest BCUT2D eigenvalue weighted by molar-refractivity contribution is 0.292. The van der Waals surface area contributed by atoms with E-state index in [2.05, 4.69) is 15.7 Å². The van der Waals surface area contributed by atoms with Gasteiger partial charge >= 0.3 is 0 Å². The van der Waals surface area contributed by atoms with E-state index in [0.717, 1.165) is 5.82 Å². The fraction of sp³-hybridized carbons (Fsp3) is 0.375. The summed E-state index contributed by atoms with van der Waals surface area (Å²) < 4.78 is 0. The minimum atomic E-state index is 0.182. The van der Waals surface area contributed by atoms with Crippen molar-refractivity contribution in [1.29, 1.82) is 0 Å². The number of hydrogen-bond donors (Lipinski definition) is 4. The van der Waals surface area contributed by atoms with Crippen molar-refractivity contribution in [3.63, 3.8) is 0 Å². The zero-order valence-corrected chi connectivity index (χ0v) is 7.33. The number of aliphatic hydroxyl groups is 1. The Morgan fingerprint density at radius 2 is 2.15 bits per heavy atom. The van der Waals surface area contributed by atoms with Gasteiger partial charge in [-0.2, -0.15) is 0 Å². The highest BCUT2D eigenvalue weighted by atomic mass is 16.3. The summed E-state index contributed by atoms with van der Waals surface area (Å²) in [6.45, 7) is 0.888. The fourth-order valence-corrected chi connectivity index (χ4v) is 0.909. The van der Waals surface area contributed by atoms with Crippen molar-refractivity contribution in [1.82, 2.24) is 4.98 Å². The maximum Gasteiger partial charge on any atom is 0.142 e. The number of hydrazine groups is 1. The average Bonchev–Trinajstić information content (AvgIpc) is 2.19. The number of nitrogens with zero attached hydrogens (tertiary/aromatic N) is 1. The second-order valence-electron chi connectivity index (χ2n) is 2.56. The highest BCUT2D eigenvalue weighted by molar-refractivity contribution is 5.44. The van der Waals surface area contributed by atoms with Gasteiger partial charge in [-0.15, -0.1) is 0 Å². The Bertz CT molecular complexity index is 254. The topological polar surface area (TPSA) is 83.2 Å². The Morgan fingerprint density at radius 1 is 1.38 bits per heavy atom. The lowest BCUT2D eigenvalue weighted by Gasteiger charge is -2.05. The molecule has 1 aromatic heterocycles. The smallest absolute Gasteiger partial charge is 0.142 e. The number of rotatable bonds is 5.